The number of ether oxygens (including phenoxy) is 2. The quantitative estimate of drug-likeness (QED) is 0.500. The Kier molecular flexibility index (Phi) is 6.56. The summed E-state index contributed by atoms with van der Waals surface area (Å²) in [5.41, 5.74) is -0.0470. The molecule has 0 radical (unpaired) electrons. The van der Waals surface area contributed by atoms with Crippen molar-refractivity contribution < 1.29 is 29.0 Å². The van der Waals surface area contributed by atoms with Gasteiger partial charge in [-0.1, -0.05) is 51.1 Å². The summed E-state index contributed by atoms with van der Waals surface area (Å²) in [6.07, 6.45) is 3.07. The third-order valence-electron chi connectivity index (χ3n) is 8.47. The van der Waals surface area contributed by atoms with Crippen molar-refractivity contribution >= 4 is 17.7 Å². The number of carbonyl (C=O) groups is 3. The van der Waals surface area contributed by atoms with Gasteiger partial charge in [0.25, 0.3) is 0 Å². The van der Waals surface area contributed by atoms with Crippen LogP contribution in [0.5, 0.6) is 0 Å². The SMILES string of the molecule is CC(=O)O[C@H]1/C(C)=C\C[C@H]2[C@H](/C=C(\C)C(=O)[C@@]3(OC(=O)c4ccccc4)C[C@H](C)[C@H](O)[C@H]13)C2(C)C. The highest BCUT2D eigenvalue weighted by Crippen LogP contribution is 2.62. The summed E-state index contributed by atoms with van der Waals surface area (Å²) in [6, 6.07) is 8.52. The van der Waals surface area contributed by atoms with Gasteiger partial charge in [-0.05, 0) is 66.7 Å². The smallest absolute Gasteiger partial charge is 0.339 e. The molecule has 3 aliphatic rings. The first-order valence-corrected chi connectivity index (χ1v) is 12.4. The van der Waals surface area contributed by atoms with Gasteiger partial charge >= 0.3 is 11.9 Å². The molecular weight excluding hydrogens is 444 g/mol. The Hall–Kier alpha value is -2.73. The van der Waals surface area contributed by atoms with Crippen LogP contribution in [0, 0.1) is 29.1 Å². The van der Waals surface area contributed by atoms with Crippen LogP contribution in [-0.2, 0) is 19.1 Å². The number of Topliss-reactive ketones (excluding diaryl/α,β-unsaturated/α-hetero) is 1. The Morgan fingerprint density at radius 3 is 2.40 bits per heavy atom. The Bertz CT molecular complexity index is 1080. The molecule has 7 atom stereocenters. The highest BCUT2D eigenvalue weighted by Gasteiger charge is 2.64. The van der Waals surface area contributed by atoms with Crippen LogP contribution >= 0.6 is 0 Å². The summed E-state index contributed by atoms with van der Waals surface area (Å²) >= 11 is 0. The van der Waals surface area contributed by atoms with Crippen molar-refractivity contribution in [1.29, 1.82) is 0 Å². The van der Waals surface area contributed by atoms with Crippen LogP contribution in [0.2, 0.25) is 0 Å². The normalized spacial score (nSPS) is 39.0. The van der Waals surface area contributed by atoms with E-state index in [2.05, 4.69) is 19.9 Å². The van der Waals surface area contributed by atoms with Crippen molar-refractivity contribution in [3.05, 3.63) is 59.2 Å². The van der Waals surface area contributed by atoms with Crippen LogP contribution in [0.1, 0.15) is 64.7 Å². The number of aliphatic hydroxyl groups excluding tert-OH is 1. The second kappa shape index (κ2) is 9.05. The Labute approximate surface area is 207 Å². The van der Waals surface area contributed by atoms with Gasteiger partial charge < -0.3 is 14.6 Å². The van der Waals surface area contributed by atoms with Crippen LogP contribution in [0.25, 0.3) is 0 Å². The van der Waals surface area contributed by atoms with Crippen LogP contribution in [0.4, 0.5) is 0 Å². The fourth-order valence-electron chi connectivity index (χ4n) is 6.29. The molecule has 4 rings (SSSR count). The Balaban J connectivity index is 1.89. The third-order valence-corrected chi connectivity index (χ3v) is 8.47. The standard InChI is InChI=1S/C29H36O6/c1-16-12-13-21-22(28(21,5)6)14-17(2)26(32)29(35-27(33)20-10-8-7-9-11-20)15-18(3)24(31)23(29)25(16)34-19(4)30/h7-12,14,18,21-25,31H,13,15H2,1-6H3/b16-12-,17-14+/t18-,21-,22-,23+,24-,25-,29+/m0/s1. The highest BCUT2D eigenvalue weighted by atomic mass is 16.6. The molecule has 2 saturated carbocycles. The zero-order valence-corrected chi connectivity index (χ0v) is 21.4. The van der Waals surface area contributed by atoms with Crippen molar-refractivity contribution in [3.8, 4) is 0 Å². The average molecular weight is 481 g/mol. The van der Waals surface area contributed by atoms with Crippen LogP contribution in [0.15, 0.2) is 53.6 Å². The molecule has 0 amide bonds. The number of fused-ring (bicyclic) bond motifs is 2. The number of aliphatic hydroxyl groups is 1. The molecule has 0 unspecified atom stereocenters. The summed E-state index contributed by atoms with van der Waals surface area (Å²) < 4.78 is 11.9. The summed E-state index contributed by atoms with van der Waals surface area (Å²) in [5.74, 6) is -2.20. The van der Waals surface area contributed by atoms with Crippen molar-refractivity contribution in [2.45, 2.75) is 72.2 Å². The topological polar surface area (TPSA) is 89.9 Å². The van der Waals surface area contributed by atoms with Gasteiger partial charge in [-0.25, -0.2) is 4.79 Å². The average Bonchev–Trinajstić information content (AvgIpc) is 3.21. The van der Waals surface area contributed by atoms with Crippen LogP contribution in [0.3, 0.4) is 0 Å². The molecule has 0 saturated heterocycles. The lowest BCUT2D eigenvalue weighted by Gasteiger charge is -2.39. The fraction of sp³-hybridized carbons (Fsp3) is 0.552. The Morgan fingerprint density at radius 2 is 1.77 bits per heavy atom. The molecule has 2 fully saturated rings. The lowest BCUT2D eigenvalue weighted by molar-refractivity contribution is -0.161. The summed E-state index contributed by atoms with van der Waals surface area (Å²) in [4.78, 5) is 39.7. The molecule has 6 nitrogen and oxygen atoms in total. The first-order chi connectivity index (χ1) is 16.4. The monoisotopic (exact) mass is 480 g/mol. The molecule has 6 heteroatoms. The van der Waals surface area contributed by atoms with E-state index in [0.717, 1.165) is 12.0 Å². The molecule has 188 valence electrons. The first kappa shape index (κ1) is 25.4. The molecule has 0 aromatic heterocycles. The lowest BCUT2D eigenvalue weighted by Crippen LogP contribution is -2.54. The molecule has 35 heavy (non-hydrogen) atoms. The van der Waals surface area contributed by atoms with Gasteiger partial charge in [0.1, 0.15) is 6.10 Å². The van der Waals surface area contributed by atoms with Crippen molar-refractivity contribution in [3.63, 3.8) is 0 Å². The van der Waals surface area contributed by atoms with Gasteiger partial charge in [-0.3, -0.25) is 9.59 Å². The number of rotatable bonds is 3. The zero-order chi connectivity index (χ0) is 25.7. The van der Waals surface area contributed by atoms with Gasteiger partial charge in [0.05, 0.1) is 17.6 Å². The van der Waals surface area contributed by atoms with Gasteiger partial charge in [0.2, 0.25) is 5.78 Å². The van der Waals surface area contributed by atoms with E-state index >= 15 is 0 Å². The predicted molar refractivity (Wildman–Crippen MR) is 131 cm³/mol. The fourth-order valence-corrected chi connectivity index (χ4v) is 6.29. The third kappa shape index (κ3) is 4.37. The maximum atomic E-state index is 14.2. The van der Waals surface area contributed by atoms with Gasteiger partial charge in [-0.15, -0.1) is 0 Å². The number of benzene rings is 1. The maximum absolute atomic E-state index is 14.2. The van der Waals surface area contributed by atoms with E-state index in [-0.39, 0.29) is 29.5 Å². The highest BCUT2D eigenvalue weighted by molar-refractivity contribution is 6.04. The van der Waals surface area contributed by atoms with Crippen molar-refractivity contribution in [1.82, 2.24) is 0 Å². The van der Waals surface area contributed by atoms with Crippen LogP contribution < -0.4 is 0 Å². The molecule has 0 aliphatic heterocycles. The van der Waals surface area contributed by atoms with Gasteiger partial charge in [-0.2, -0.15) is 0 Å². The summed E-state index contributed by atoms with van der Waals surface area (Å²) in [5, 5.41) is 11.4. The molecule has 1 aromatic carbocycles. The largest absolute Gasteiger partial charge is 0.457 e. The molecule has 0 bridgehead atoms. The molecule has 0 spiro atoms. The number of hydrogen-bond acceptors (Lipinski definition) is 6. The molecule has 1 N–H and O–H groups in total. The minimum atomic E-state index is -1.67. The van der Waals surface area contributed by atoms with E-state index < -0.39 is 35.7 Å². The van der Waals surface area contributed by atoms with E-state index in [9.17, 15) is 19.5 Å². The van der Waals surface area contributed by atoms with Gasteiger partial charge in [0.15, 0.2) is 5.60 Å². The van der Waals surface area contributed by atoms with Crippen molar-refractivity contribution in [2.75, 3.05) is 0 Å². The van der Waals surface area contributed by atoms with Crippen molar-refractivity contribution in [2.24, 2.45) is 29.1 Å². The zero-order valence-electron chi connectivity index (χ0n) is 21.4. The lowest BCUT2D eigenvalue weighted by atomic mass is 9.77. The maximum Gasteiger partial charge on any atom is 0.339 e. The number of ketones is 1. The van der Waals surface area contributed by atoms with Crippen LogP contribution in [-0.4, -0.2) is 40.6 Å². The number of allylic oxidation sites excluding steroid dienone is 2. The number of esters is 2. The molecule has 0 heterocycles. The number of carbonyl (C=O) groups excluding carboxylic acids is 3. The molecular formula is C29H36O6. The summed E-state index contributed by atoms with van der Waals surface area (Å²) in [6.45, 7) is 11.1. The molecule has 1 aromatic rings. The summed E-state index contributed by atoms with van der Waals surface area (Å²) in [7, 11) is 0. The Morgan fingerprint density at radius 1 is 1.11 bits per heavy atom. The van der Waals surface area contributed by atoms with E-state index in [0.29, 0.717) is 17.1 Å². The van der Waals surface area contributed by atoms with E-state index in [4.69, 9.17) is 9.47 Å². The molecule has 3 aliphatic carbocycles. The number of hydrogen-bond donors (Lipinski definition) is 1. The second-order valence-corrected chi connectivity index (χ2v) is 11.2. The minimum Gasteiger partial charge on any atom is -0.457 e. The first-order valence-electron chi connectivity index (χ1n) is 12.4. The van der Waals surface area contributed by atoms with E-state index in [1.165, 1.54) is 6.92 Å². The minimum absolute atomic E-state index is 0.0320. The predicted octanol–water partition coefficient (Wildman–Crippen LogP) is 4.67. The van der Waals surface area contributed by atoms with Gasteiger partial charge in [0, 0.05) is 13.3 Å². The second-order valence-electron chi connectivity index (χ2n) is 11.2. The van der Waals surface area contributed by atoms with E-state index in [1.54, 1.807) is 37.3 Å². The van der Waals surface area contributed by atoms with E-state index in [1.807, 2.05) is 19.9 Å².